The van der Waals surface area contributed by atoms with E-state index >= 15 is 0 Å². The van der Waals surface area contributed by atoms with Crippen LogP contribution in [0.5, 0.6) is 0 Å². The number of benzene rings is 2. The van der Waals surface area contributed by atoms with Gasteiger partial charge in [0.15, 0.2) is 0 Å². The molecule has 2 N–H and O–H groups in total. The largest absolute Gasteiger partial charge is 0.339 e. The van der Waals surface area contributed by atoms with Gasteiger partial charge in [-0.05, 0) is 54.7 Å². The van der Waals surface area contributed by atoms with Crippen molar-refractivity contribution in [2.45, 2.75) is 27.2 Å². The predicted molar refractivity (Wildman–Crippen MR) is 91.4 cm³/mol. The Morgan fingerprint density at radius 3 is 2.57 bits per heavy atom. The molecule has 0 aliphatic carbocycles. The second-order valence-electron chi connectivity index (χ2n) is 5.29. The molecule has 0 saturated heterocycles. The Morgan fingerprint density at radius 2 is 1.91 bits per heavy atom. The number of para-hydroxylation sites is 1. The molecule has 0 atom stereocenters. The maximum atomic E-state index is 13.2. The molecule has 0 bridgehead atoms. The minimum Gasteiger partial charge on any atom is -0.306 e. The summed E-state index contributed by atoms with van der Waals surface area (Å²) >= 11 is 0. The van der Waals surface area contributed by atoms with Crippen LogP contribution in [0.4, 0.5) is 14.9 Å². The predicted octanol–water partition coefficient (Wildman–Crippen LogP) is 4.16. The van der Waals surface area contributed by atoms with Crippen LogP contribution in [-0.4, -0.2) is 12.2 Å². The number of hydrogen-bond donors (Lipinski definition) is 2. The summed E-state index contributed by atoms with van der Waals surface area (Å²) in [5.41, 5.74) is 6.78. The first-order valence-electron chi connectivity index (χ1n) is 7.46. The van der Waals surface area contributed by atoms with E-state index < -0.39 is 6.03 Å². The number of hydrazone groups is 1. The van der Waals surface area contributed by atoms with Crippen LogP contribution in [0.3, 0.4) is 0 Å². The van der Waals surface area contributed by atoms with E-state index in [1.54, 1.807) is 6.07 Å². The lowest BCUT2D eigenvalue weighted by Gasteiger charge is -2.10. The Kier molecular flexibility index (Phi) is 5.46. The summed E-state index contributed by atoms with van der Waals surface area (Å²) in [7, 11) is 0. The molecule has 4 nitrogen and oxygen atoms in total. The third-order valence-corrected chi connectivity index (χ3v) is 3.58. The van der Waals surface area contributed by atoms with Gasteiger partial charge in [-0.2, -0.15) is 5.10 Å². The Hall–Kier alpha value is -2.69. The van der Waals surface area contributed by atoms with E-state index in [-0.39, 0.29) is 5.82 Å². The van der Waals surface area contributed by atoms with Crippen LogP contribution in [0.1, 0.15) is 29.2 Å². The van der Waals surface area contributed by atoms with Crippen molar-refractivity contribution >= 4 is 17.9 Å². The number of nitrogens with one attached hydrogen (secondary N) is 2. The number of carbonyl (C=O) groups is 1. The molecular weight excluding hydrogens is 293 g/mol. The van der Waals surface area contributed by atoms with Gasteiger partial charge in [-0.15, -0.1) is 0 Å². The van der Waals surface area contributed by atoms with Crippen molar-refractivity contribution in [1.29, 1.82) is 0 Å². The molecule has 2 rings (SSSR count). The third-order valence-electron chi connectivity index (χ3n) is 3.58. The fraction of sp³-hybridized carbons (Fsp3) is 0.222. The normalized spacial score (nSPS) is 10.8. The standard InChI is InChI=1S/C18H20FN3O/c1-4-14-10-16(19)9-8-15(14)11-20-22-18(23)21-17-12(2)6-5-7-13(17)3/h5-11H,4H2,1-3H3,(H2,21,22,23). The van der Waals surface area contributed by atoms with E-state index in [9.17, 15) is 9.18 Å². The van der Waals surface area contributed by atoms with E-state index in [1.807, 2.05) is 39.0 Å². The SMILES string of the molecule is CCc1cc(F)ccc1C=NNC(=O)Nc1c(C)cccc1C. The molecule has 0 aliphatic heterocycles. The van der Waals surface area contributed by atoms with Gasteiger partial charge in [-0.1, -0.05) is 31.2 Å². The second-order valence-corrected chi connectivity index (χ2v) is 5.29. The van der Waals surface area contributed by atoms with Crippen LogP contribution in [0.2, 0.25) is 0 Å². The van der Waals surface area contributed by atoms with Crippen LogP contribution < -0.4 is 10.7 Å². The lowest BCUT2D eigenvalue weighted by atomic mass is 10.1. The van der Waals surface area contributed by atoms with Gasteiger partial charge >= 0.3 is 6.03 Å². The van der Waals surface area contributed by atoms with Crippen molar-refractivity contribution in [3.8, 4) is 0 Å². The Bertz CT molecular complexity index is 721. The summed E-state index contributed by atoms with van der Waals surface area (Å²) in [4.78, 5) is 11.9. The number of urea groups is 1. The number of halogens is 1. The first-order chi connectivity index (χ1) is 11.0. The zero-order valence-corrected chi connectivity index (χ0v) is 13.5. The van der Waals surface area contributed by atoms with Gasteiger partial charge < -0.3 is 5.32 Å². The second kappa shape index (κ2) is 7.54. The summed E-state index contributed by atoms with van der Waals surface area (Å²) in [6, 6.07) is 9.86. The van der Waals surface area contributed by atoms with Crippen molar-refractivity contribution in [1.82, 2.24) is 5.43 Å². The molecule has 2 aromatic rings. The van der Waals surface area contributed by atoms with Crippen LogP contribution in [0.25, 0.3) is 0 Å². The van der Waals surface area contributed by atoms with E-state index in [0.29, 0.717) is 6.42 Å². The molecule has 5 heteroatoms. The Balaban J connectivity index is 2.02. The molecule has 0 heterocycles. The molecular formula is C18H20FN3O. The Labute approximate surface area is 135 Å². The highest BCUT2D eigenvalue weighted by Gasteiger charge is 2.06. The van der Waals surface area contributed by atoms with Crippen molar-refractivity contribution in [3.63, 3.8) is 0 Å². The monoisotopic (exact) mass is 313 g/mol. The van der Waals surface area contributed by atoms with Crippen molar-refractivity contribution < 1.29 is 9.18 Å². The molecule has 2 amide bonds. The number of rotatable bonds is 4. The highest BCUT2D eigenvalue weighted by atomic mass is 19.1. The molecule has 0 saturated carbocycles. The molecule has 0 aromatic heterocycles. The minimum atomic E-state index is -0.418. The van der Waals surface area contributed by atoms with E-state index in [1.165, 1.54) is 18.3 Å². The molecule has 23 heavy (non-hydrogen) atoms. The smallest absolute Gasteiger partial charge is 0.306 e. The van der Waals surface area contributed by atoms with Crippen LogP contribution in [0.15, 0.2) is 41.5 Å². The molecule has 0 aliphatic rings. The van der Waals surface area contributed by atoms with Crippen LogP contribution in [0, 0.1) is 19.7 Å². The summed E-state index contributed by atoms with van der Waals surface area (Å²) in [6.07, 6.45) is 2.20. The molecule has 2 aromatic carbocycles. The summed E-state index contributed by atoms with van der Waals surface area (Å²) < 4.78 is 13.2. The third kappa shape index (κ3) is 4.39. The zero-order valence-electron chi connectivity index (χ0n) is 13.5. The molecule has 0 spiro atoms. The van der Waals surface area contributed by atoms with Crippen LogP contribution >= 0.6 is 0 Å². The highest BCUT2D eigenvalue weighted by Crippen LogP contribution is 2.19. The Morgan fingerprint density at radius 1 is 1.22 bits per heavy atom. The lowest BCUT2D eigenvalue weighted by Crippen LogP contribution is -2.25. The fourth-order valence-electron chi connectivity index (χ4n) is 2.32. The first kappa shape index (κ1) is 16.7. The average Bonchev–Trinajstić information content (AvgIpc) is 2.52. The van der Waals surface area contributed by atoms with Gasteiger partial charge in [0.25, 0.3) is 0 Å². The van der Waals surface area contributed by atoms with Crippen molar-refractivity contribution in [3.05, 3.63) is 64.5 Å². The number of nitrogens with zero attached hydrogens (tertiary/aromatic N) is 1. The molecule has 0 unspecified atom stereocenters. The van der Waals surface area contributed by atoms with Gasteiger partial charge in [0.2, 0.25) is 0 Å². The van der Waals surface area contributed by atoms with Crippen molar-refractivity contribution in [2.75, 3.05) is 5.32 Å². The highest BCUT2D eigenvalue weighted by molar-refractivity contribution is 5.92. The van der Waals surface area contributed by atoms with E-state index in [0.717, 1.165) is 27.9 Å². The van der Waals surface area contributed by atoms with Gasteiger partial charge in [-0.25, -0.2) is 14.6 Å². The van der Waals surface area contributed by atoms with Gasteiger partial charge in [-0.3, -0.25) is 0 Å². The molecule has 0 fully saturated rings. The van der Waals surface area contributed by atoms with Crippen molar-refractivity contribution in [2.24, 2.45) is 5.10 Å². The maximum Gasteiger partial charge on any atom is 0.339 e. The number of anilines is 1. The quantitative estimate of drug-likeness (QED) is 0.646. The minimum absolute atomic E-state index is 0.278. The molecule has 0 radical (unpaired) electrons. The first-order valence-corrected chi connectivity index (χ1v) is 7.46. The van der Waals surface area contributed by atoms with Gasteiger partial charge in [0, 0.05) is 5.69 Å². The summed E-state index contributed by atoms with van der Waals surface area (Å²) in [5, 5.41) is 6.70. The van der Waals surface area contributed by atoms with Gasteiger partial charge in [0.1, 0.15) is 5.82 Å². The fourth-order valence-corrected chi connectivity index (χ4v) is 2.32. The average molecular weight is 313 g/mol. The lowest BCUT2D eigenvalue weighted by molar-refractivity contribution is 0.252. The number of carbonyl (C=O) groups excluding carboxylic acids is 1. The number of amides is 2. The van der Waals surface area contributed by atoms with Crippen LogP contribution in [-0.2, 0) is 6.42 Å². The summed E-state index contributed by atoms with van der Waals surface area (Å²) in [5.74, 6) is -0.278. The van der Waals surface area contributed by atoms with E-state index in [4.69, 9.17) is 0 Å². The number of aryl methyl sites for hydroxylation is 3. The summed E-state index contributed by atoms with van der Waals surface area (Å²) in [6.45, 7) is 5.79. The topological polar surface area (TPSA) is 53.5 Å². The van der Waals surface area contributed by atoms with E-state index in [2.05, 4.69) is 15.8 Å². The number of hydrogen-bond acceptors (Lipinski definition) is 2. The van der Waals surface area contributed by atoms with Gasteiger partial charge in [0.05, 0.1) is 6.21 Å². The molecule has 120 valence electrons. The zero-order chi connectivity index (χ0) is 16.8. The maximum absolute atomic E-state index is 13.2.